The van der Waals surface area contributed by atoms with Gasteiger partial charge in [-0.3, -0.25) is 4.79 Å². The molecule has 0 atom stereocenters. The fraction of sp³-hybridized carbons (Fsp3) is 0.533. The summed E-state index contributed by atoms with van der Waals surface area (Å²) in [5.74, 6) is 0.437. The minimum Gasteiger partial charge on any atom is -0.325 e. The summed E-state index contributed by atoms with van der Waals surface area (Å²) in [5.41, 5.74) is 2.20. The van der Waals surface area contributed by atoms with E-state index in [1.165, 1.54) is 5.56 Å². The molecule has 2 nitrogen and oxygen atoms in total. The summed E-state index contributed by atoms with van der Waals surface area (Å²) in [5, 5.41) is 2.93. The summed E-state index contributed by atoms with van der Waals surface area (Å²) < 4.78 is 0.937. The summed E-state index contributed by atoms with van der Waals surface area (Å²) in [6, 6.07) is 6.10. The van der Waals surface area contributed by atoms with Crippen LogP contribution in [0, 0.1) is 5.92 Å². The molecule has 0 fully saturated rings. The van der Waals surface area contributed by atoms with E-state index in [-0.39, 0.29) is 11.3 Å². The molecule has 0 aliphatic carbocycles. The van der Waals surface area contributed by atoms with Crippen molar-refractivity contribution in [3.63, 3.8) is 0 Å². The molecule has 1 rings (SSSR count). The van der Waals surface area contributed by atoms with Gasteiger partial charge < -0.3 is 5.32 Å². The molecule has 3 heteroatoms. The lowest BCUT2D eigenvalue weighted by atomic mass is 9.87. The number of hydrogen-bond donors (Lipinski definition) is 1. The molecule has 18 heavy (non-hydrogen) atoms. The summed E-state index contributed by atoms with van der Waals surface area (Å²) in [7, 11) is 0. The highest BCUT2D eigenvalue weighted by atomic mass is 79.9. The van der Waals surface area contributed by atoms with E-state index >= 15 is 0 Å². The number of benzene rings is 1. The molecular weight excluding hydrogens is 290 g/mol. The maximum atomic E-state index is 11.7. The highest BCUT2D eigenvalue weighted by molar-refractivity contribution is 9.10. The van der Waals surface area contributed by atoms with Crippen LogP contribution in [0.4, 0.5) is 5.69 Å². The molecule has 0 radical (unpaired) electrons. The molecule has 1 amide bonds. The maximum Gasteiger partial charge on any atom is 0.224 e. The van der Waals surface area contributed by atoms with Gasteiger partial charge in [0.1, 0.15) is 0 Å². The number of rotatable bonds is 3. The van der Waals surface area contributed by atoms with E-state index in [0.29, 0.717) is 12.3 Å². The van der Waals surface area contributed by atoms with Crippen molar-refractivity contribution in [2.75, 3.05) is 5.32 Å². The van der Waals surface area contributed by atoms with Crippen molar-refractivity contribution >= 4 is 27.5 Å². The maximum absolute atomic E-state index is 11.7. The Morgan fingerprint density at radius 1 is 1.33 bits per heavy atom. The van der Waals surface area contributed by atoms with Crippen LogP contribution in [0.3, 0.4) is 0 Å². The minimum atomic E-state index is 0.0641. The van der Waals surface area contributed by atoms with Gasteiger partial charge in [-0.15, -0.1) is 0 Å². The molecule has 0 unspecified atom stereocenters. The van der Waals surface area contributed by atoms with Gasteiger partial charge in [-0.05, 0) is 45.0 Å². The van der Waals surface area contributed by atoms with Crippen LogP contribution in [0.25, 0.3) is 0 Å². The van der Waals surface area contributed by atoms with Gasteiger partial charge in [0, 0.05) is 10.9 Å². The molecule has 0 saturated heterocycles. The van der Waals surface area contributed by atoms with Crippen LogP contribution in [-0.4, -0.2) is 5.91 Å². The topological polar surface area (TPSA) is 29.1 Å². The van der Waals surface area contributed by atoms with Gasteiger partial charge in [-0.1, -0.05) is 40.7 Å². The van der Waals surface area contributed by atoms with Gasteiger partial charge in [0.15, 0.2) is 0 Å². The minimum absolute atomic E-state index is 0.0641. The summed E-state index contributed by atoms with van der Waals surface area (Å²) in [6.45, 7) is 10.6. The first-order valence-electron chi connectivity index (χ1n) is 6.30. The van der Waals surface area contributed by atoms with E-state index in [2.05, 4.69) is 54.2 Å². The first-order valence-corrected chi connectivity index (χ1v) is 7.09. The van der Waals surface area contributed by atoms with E-state index in [1.54, 1.807) is 0 Å². The van der Waals surface area contributed by atoms with Crippen molar-refractivity contribution in [3.05, 3.63) is 28.2 Å². The van der Waals surface area contributed by atoms with Crippen molar-refractivity contribution in [2.45, 2.75) is 46.5 Å². The Labute approximate surface area is 118 Å². The Balaban J connectivity index is 2.84. The van der Waals surface area contributed by atoms with E-state index in [0.717, 1.165) is 10.2 Å². The average Bonchev–Trinajstić information content (AvgIpc) is 2.18. The molecule has 0 saturated carbocycles. The highest BCUT2D eigenvalue weighted by Crippen LogP contribution is 2.30. The molecule has 0 spiro atoms. The van der Waals surface area contributed by atoms with Crippen molar-refractivity contribution in [1.29, 1.82) is 0 Å². The van der Waals surface area contributed by atoms with Crippen LogP contribution in [0.2, 0.25) is 0 Å². The summed E-state index contributed by atoms with van der Waals surface area (Å²) >= 11 is 3.52. The fourth-order valence-corrected chi connectivity index (χ4v) is 2.13. The number of anilines is 1. The first-order chi connectivity index (χ1) is 8.20. The quantitative estimate of drug-likeness (QED) is 0.859. The lowest BCUT2D eigenvalue weighted by molar-refractivity contribution is -0.116. The highest BCUT2D eigenvalue weighted by Gasteiger charge is 2.15. The lowest BCUT2D eigenvalue weighted by Gasteiger charge is -2.20. The third-order valence-corrected chi connectivity index (χ3v) is 3.36. The fourth-order valence-electron chi connectivity index (χ4n) is 1.66. The number of hydrogen-bond acceptors (Lipinski definition) is 1. The number of halogens is 1. The SMILES string of the molecule is CC(C)CC(=O)Nc1ccc(C(C)(C)C)cc1Br. The van der Waals surface area contributed by atoms with Crippen LogP contribution >= 0.6 is 15.9 Å². The second-order valence-electron chi connectivity index (χ2n) is 6.09. The van der Waals surface area contributed by atoms with Gasteiger partial charge in [0.05, 0.1) is 5.69 Å². The molecule has 1 aromatic carbocycles. The van der Waals surface area contributed by atoms with E-state index < -0.39 is 0 Å². The number of carbonyl (C=O) groups is 1. The zero-order valence-corrected chi connectivity index (χ0v) is 13.4. The molecule has 100 valence electrons. The molecule has 0 aliphatic rings. The lowest BCUT2D eigenvalue weighted by Crippen LogP contribution is -2.15. The second-order valence-corrected chi connectivity index (χ2v) is 6.95. The van der Waals surface area contributed by atoms with Crippen LogP contribution < -0.4 is 5.32 Å². The van der Waals surface area contributed by atoms with Gasteiger partial charge in [0.25, 0.3) is 0 Å². The third-order valence-electron chi connectivity index (χ3n) is 2.70. The molecular formula is C15H22BrNO. The zero-order valence-electron chi connectivity index (χ0n) is 11.8. The standard InChI is InChI=1S/C15H22BrNO/c1-10(2)8-14(18)17-13-7-6-11(9-12(13)16)15(3,4)5/h6-7,9-10H,8H2,1-5H3,(H,17,18). The summed E-state index contributed by atoms with van der Waals surface area (Å²) in [6.07, 6.45) is 0.549. The van der Waals surface area contributed by atoms with Crippen LogP contribution in [-0.2, 0) is 10.2 Å². The number of amides is 1. The molecule has 0 aliphatic heterocycles. The first kappa shape index (κ1) is 15.2. The smallest absolute Gasteiger partial charge is 0.224 e. The Morgan fingerprint density at radius 3 is 2.39 bits per heavy atom. The predicted octanol–water partition coefficient (Wildman–Crippen LogP) is 4.73. The van der Waals surface area contributed by atoms with Crippen molar-refractivity contribution < 1.29 is 4.79 Å². The van der Waals surface area contributed by atoms with E-state index in [4.69, 9.17) is 0 Å². The van der Waals surface area contributed by atoms with Crippen molar-refractivity contribution in [1.82, 2.24) is 0 Å². The monoisotopic (exact) mass is 311 g/mol. The van der Waals surface area contributed by atoms with Crippen LogP contribution in [0.15, 0.2) is 22.7 Å². The Kier molecular flexibility index (Phi) is 4.97. The third kappa shape index (κ3) is 4.45. The largest absolute Gasteiger partial charge is 0.325 e. The number of nitrogens with one attached hydrogen (secondary N) is 1. The Morgan fingerprint density at radius 2 is 1.94 bits per heavy atom. The molecule has 0 aromatic heterocycles. The second kappa shape index (κ2) is 5.87. The Bertz CT molecular complexity index is 433. The molecule has 0 heterocycles. The summed E-state index contributed by atoms with van der Waals surface area (Å²) in [4.78, 5) is 11.7. The van der Waals surface area contributed by atoms with Crippen molar-refractivity contribution in [3.8, 4) is 0 Å². The van der Waals surface area contributed by atoms with Crippen molar-refractivity contribution in [2.24, 2.45) is 5.92 Å². The van der Waals surface area contributed by atoms with E-state index in [9.17, 15) is 4.79 Å². The molecule has 1 N–H and O–H groups in total. The van der Waals surface area contributed by atoms with Gasteiger partial charge in [-0.25, -0.2) is 0 Å². The van der Waals surface area contributed by atoms with Gasteiger partial charge in [-0.2, -0.15) is 0 Å². The predicted molar refractivity (Wildman–Crippen MR) is 80.9 cm³/mol. The van der Waals surface area contributed by atoms with Crippen LogP contribution in [0.5, 0.6) is 0 Å². The zero-order chi connectivity index (χ0) is 13.9. The van der Waals surface area contributed by atoms with Crippen LogP contribution in [0.1, 0.15) is 46.6 Å². The Hall–Kier alpha value is -0.830. The normalized spacial score (nSPS) is 11.7. The van der Waals surface area contributed by atoms with Gasteiger partial charge in [0.2, 0.25) is 5.91 Å². The molecule has 0 bridgehead atoms. The number of carbonyl (C=O) groups excluding carboxylic acids is 1. The van der Waals surface area contributed by atoms with E-state index in [1.807, 2.05) is 19.9 Å². The van der Waals surface area contributed by atoms with Gasteiger partial charge >= 0.3 is 0 Å². The molecule has 1 aromatic rings. The average molecular weight is 312 g/mol.